The summed E-state index contributed by atoms with van der Waals surface area (Å²) in [5, 5.41) is 13.2. The van der Waals surface area contributed by atoms with Crippen molar-refractivity contribution in [2.45, 2.75) is 261 Å². The lowest BCUT2D eigenvalue weighted by Gasteiger charge is -2.26. The second kappa shape index (κ2) is 42.4. The molecule has 0 N–H and O–H groups in total. The van der Waals surface area contributed by atoms with E-state index in [4.69, 9.17) is 0 Å². The number of rotatable bonds is 32. The number of benzene rings is 13. The van der Waals surface area contributed by atoms with Crippen LogP contribution in [0.4, 0.5) is 0 Å². The van der Waals surface area contributed by atoms with Gasteiger partial charge in [0.2, 0.25) is 0 Å². The van der Waals surface area contributed by atoms with Crippen molar-refractivity contribution in [1.82, 2.24) is 9.13 Å². The molecule has 2 aliphatic rings. The Morgan fingerprint density at radius 3 is 1.14 bits per heavy atom. The number of aromatic nitrogens is 2. The molecule has 2 aromatic heterocycles. The van der Waals surface area contributed by atoms with Gasteiger partial charge in [0.15, 0.2) is 0 Å². The molecule has 1 unspecified atom stereocenters. The summed E-state index contributed by atoms with van der Waals surface area (Å²) in [5.74, 6) is 2.72. The second-order valence-electron chi connectivity index (χ2n) is 34.7. The maximum absolute atomic E-state index is 3.77. The molecule has 2 nitrogen and oxygen atoms in total. The van der Waals surface area contributed by atoms with Gasteiger partial charge in [-0.15, -0.1) is 0 Å². The molecule has 612 valence electrons. The molecule has 0 saturated heterocycles. The summed E-state index contributed by atoms with van der Waals surface area (Å²) in [6.45, 7) is 20.4. The van der Waals surface area contributed by atoms with Gasteiger partial charge in [0, 0.05) is 53.7 Å². The molecule has 0 amide bonds. The fraction of sp³-hybridized carbons (Fsp3) is 0.368. The van der Waals surface area contributed by atoms with E-state index >= 15 is 0 Å². The van der Waals surface area contributed by atoms with Crippen molar-refractivity contribution in [3.63, 3.8) is 0 Å². The smallest absolute Gasteiger partial charge is 0.0558 e. The third kappa shape index (κ3) is 19.9. The summed E-state index contributed by atoms with van der Waals surface area (Å²) in [4.78, 5) is 0. The predicted molar refractivity (Wildman–Crippen MR) is 526 cm³/mol. The van der Waals surface area contributed by atoms with Gasteiger partial charge < -0.3 is 9.13 Å². The molecule has 1 atom stereocenters. The van der Waals surface area contributed by atoms with Crippen LogP contribution in [0.15, 0.2) is 258 Å². The van der Waals surface area contributed by atoms with E-state index in [1.54, 1.807) is 22.3 Å². The highest BCUT2D eigenvalue weighted by atomic mass is 79.9. The Hall–Kier alpha value is -8.80. The third-order valence-electron chi connectivity index (χ3n) is 26.0. The molecule has 2 heterocycles. The van der Waals surface area contributed by atoms with Crippen molar-refractivity contribution >= 4 is 108 Å². The van der Waals surface area contributed by atoms with Gasteiger partial charge in [0.25, 0.3) is 0 Å². The van der Waals surface area contributed by atoms with Crippen LogP contribution in [-0.4, -0.2) is 9.13 Å². The first kappa shape index (κ1) is 87.0. The topological polar surface area (TPSA) is 9.86 Å². The Morgan fingerprint density at radius 2 is 0.644 bits per heavy atom. The van der Waals surface area contributed by atoms with Crippen LogP contribution < -0.4 is 0 Å². The highest BCUT2D eigenvalue weighted by molar-refractivity contribution is 9.11. The minimum absolute atomic E-state index is 0. The summed E-state index contributed by atoms with van der Waals surface area (Å²) < 4.78 is 6.95. The van der Waals surface area contributed by atoms with Crippen LogP contribution in [0.3, 0.4) is 0 Å². The van der Waals surface area contributed by atoms with Gasteiger partial charge in [-0.25, -0.2) is 0 Å². The zero-order valence-electron chi connectivity index (χ0n) is 71.9. The van der Waals surface area contributed by atoms with Crippen LogP contribution in [0.25, 0.3) is 110 Å². The number of halogens is 2. The lowest BCUT2D eigenvalue weighted by Crippen LogP contribution is -2.13. The van der Waals surface area contributed by atoms with E-state index in [0.717, 1.165) is 20.8 Å². The van der Waals surface area contributed by atoms with Gasteiger partial charge in [-0.2, -0.15) is 0 Å². The van der Waals surface area contributed by atoms with Gasteiger partial charge in [-0.3, -0.25) is 0 Å². The average molecular weight is 1690 g/mol. The van der Waals surface area contributed by atoms with Crippen LogP contribution in [0.5, 0.6) is 0 Å². The monoisotopic (exact) mass is 1690 g/mol. The van der Waals surface area contributed by atoms with Crippen molar-refractivity contribution in [3.05, 3.63) is 308 Å². The highest BCUT2D eigenvalue weighted by Gasteiger charge is 2.37. The first-order chi connectivity index (χ1) is 57.4. The predicted octanol–water partition coefficient (Wildman–Crippen LogP) is 36.6. The Bertz CT molecular complexity index is 5510. The number of hydrogen-bond donors (Lipinski definition) is 0. The van der Waals surface area contributed by atoms with E-state index in [1.807, 2.05) is 0 Å². The van der Waals surface area contributed by atoms with Crippen LogP contribution in [-0.2, 0) is 0 Å². The van der Waals surface area contributed by atoms with Gasteiger partial charge in [-0.1, -0.05) is 432 Å². The highest BCUT2D eigenvalue weighted by Crippen LogP contribution is 2.55. The molecule has 2 aliphatic carbocycles. The fourth-order valence-electron chi connectivity index (χ4n) is 20.1. The van der Waals surface area contributed by atoms with Gasteiger partial charge in [0.1, 0.15) is 0 Å². The molecule has 0 aliphatic heterocycles. The largest absolute Gasteiger partial charge is 0.309 e. The van der Waals surface area contributed by atoms with E-state index in [1.165, 1.54) is 317 Å². The molecule has 4 heteroatoms. The summed E-state index contributed by atoms with van der Waals surface area (Å²) >= 11 is 7.41. The minimum Gasteiger partial charge on any atom is -0.309 e. The number of unbranched alkanes of at least 4 members (excludes halogenated alkanes) is 20. The molecule has 0 radical (unpaired) electrons. The standard InChI is InChI=1S/C35H48.C32H48.C24H19N.C22H13Br2N.CH4/c1-4-6-8-10-12-14-19-29(20-15-13-11-9-7-5-2)34-32-25-23-28-18-16-17-21-30(28)35(32)31-24-22-27(3)26-33(31)34;1-5-7-9-11-13-15-17-27(18-16-14-12-10-8-6-2)32-30-23-25(3)19-21-28(30)29-22-20-26(4)24-31(29)32;1-16-12-13-21-22(14-16)25(18-8-4-3-5-9-18)23-15-17(2)19-10-6-7-11-20(19)24(21)23;23-14-10-11-18-20(12-14)25(15-6-2-1-3-7-15)21-13-19(24)16-8-4-5-9-17(16)22(18)21;/h16-18,21-26,29,34H,4-15,19-20H2,1-3H3;19-24,27,32H,5-18H2,1-4H3;3-15H,1-2H3;1-13H;1H4. The van der Waals surface area contributed by atoms with Gasteiger partial charge in [0.05, 0.1) is 22.1 Å². The molecule has 0 saturated carbocycles. The number of fused-ring (bicyclic) bond motifs is 18. The summed E-state index contributed by atoms with van der Waals surface area (Å²) in [5.41, 5.74) is 26.7. The third-order valence-corrected chi connectivity index (χ3v) is 27.1. The molecule has 17 rings (SSSR count). The Labute approximate surface area is 726 Å². The molecule has 15 aromatic rings. The van der Waals surface area contributed by atoms with Crippen molar-refractivity contribution in [2.75, 3.05) is 0 Å². The maximum Gasteiger partial charge on any atom is 0.0558 e. The molecule has 0 fully saturated rings. The Morgan fingerprint density at radius 1 is 0.280 bits per heavy atom. The number of aryl methyl sites for hydroxylation is 5. The van der Waals surface area contributed by atoms with Crippen molar-refractivity contribution < 1.29 is 0 Å². The molecule has 13 aromatic carbocycles. The first-order valence-electron chi connectivity index (χ1n) is 45.6. The number of nitrogens with zero attached hydrogens (tertiary/aromatic N) is 2. The maximum atomic E-state index is 3.77. The SMILES string of the molecule is Brc1ccc2c3c4ccccc4c(Br)cc3n(-c3ccccc3)c2c1.C.CCCCCCCCC(CCCCCCCC)C1c2cc(C)ccc2-c2c1ccc1ccccc21.CCCCCCCCC(CCCCCCCC)C1c2cc(C)ccc2-c2ccc(C)cc21.Cc1ccc2c3c4ccccc4c(C)cc3n(-c3ccccc3)c2c1. The zero-order chi connectivity index (χ0) is 81.2. The quantitative estimate of drug-likeness (QED) is 0.0372. The van der Waals surface area contributed by atoms with E-state index in [0.29, 0.717) is 11.8 Å². The number of para-hydroxylation sites is 2. The van der Waals surface area contributed by atoms with Gasteiger partial charge >= 0.3 is 0 Å². The fourth-order valence-corrected chi connectivity index (χ4v) is 21.0. The zero-order valence-corrected chi connectivity index (χ0v) is 75.1. The van der Waals surface area contributed by atoms with Crippen LogP contribution in [0, 0.1) is 46.5 Å². The lowest BCUT2D eigenvalue weighted by molar-refractivity contribution is 0.371. The van der Waals surface area contributed by atoms with Gasteiger partial charge in [-0.05, 0) is 215 Å². The first-order valence-corrected chi connectivity index (χ1v) is 47.1. The van der Waals surface area contributed by atoms with Crippen molar-refractivity contribution in [2.24, 2.45) is 11.8 Å². The van der Waals surface area contributed by atoms with E-state index in [9.17, 15) is 0 Å². The average Bonchev–Trinajstić information content (AvgIpc) is 1.57. The Kier molecular flexibility index (Phi) is 31.3. The van der Waals surface area contributed by atoms with Crippen LogP contribution in [0.2, 0.25) is 0 Å². The molecular formula is C114H132Br2N2. The second-order valence-corrected chi connectivity index (χ2v) is 36.4. The van der Waals surface area contributed by atoms with Crippen molar-refractivity contribution in [3.8, 4) is 33.6 Å². The Balaban J connectivity index is 0.000000137. The molecular weight excluding hydrogens is 1560 g/mol. The molecule has 0 spiro atoms. The summed E-state index contributed by atoms with van der Waals surface area (Å²) in [6, 6.07) is 91.9. The van der Waals surface area contributed by atoms with Crippen LogP contribution >= 0.6 is 31.9 Å². The summed E-state index contributed by atoms with van der Waals surface area (Å²) in [6.07, 6.45) is 39.1. The van der Waals surface area contributed by atoms with E-state index < -0.39 is 0 Å². The van der Waals surface area contributed by atoms with E-state index in [2.05, 4.69) is 352 Å². The molecule has 0 bridgehead atoms. The number of hydrogen-bond acceptors (Lipinski definition) is 0. The molecule has 118 heavy (non-hydrogen) atoms. The van der Waals surface area contributed by atoms with Crippen molar-refractivity contribution in [1.29, 1.82) is 0 Å². The minimum atomic E-state index is 0. The van der Waals surface area contributed by atoms with Crippen LogP contribution in [0.1, 0.15) is 277 Å². The lowest BCUT2D eigenvalue weighted by atomic mass is 9.77. The summed E-state index contributed by atoms with van der Waals surface area (Å²) in [7, 11) is 0. The van der Waals surface area contributed by atoms with E-state index in [-0.39, 0.29) is 7.43 Å². The normalized spacial score (nSPS) is 12.8.